The van der Waals surface area contributed by atoms with Crippen LogP contribution < -0.4 is 9.47 Å². The summed E-state index contributed by atoms with van der Waals surface area (Å²) in [5.41, 5.74) is 5.03. The molecule has 1 heterocycles. The van der Waals surface area contributed by atoms with Gasteiger partial charge in [-0.2, -0.15) is 0 Å². The first kappa shape index (κ1) is 17.8. The number of methoxy groups -OCH3 is 2. The van der Waals surface area contributed by atoms with Crippen LogP contribution in [0.1, 0.15) is 65.6 Å². The van der Waals surface area contributed by atoms with Gasteiger partial charge in [-0.1, -0.05) is 31.0 Å². The van der Waals surface area contributed by atoms with Gasteiger partial charge in [-0.15, -0.1) is 0 Å². The second kappa shape index (κ2) is 7.18. The molecule has 0 spiro atoms. The molecule has 140 valence electrons. The highest BCUT2D eigenvalue weighted by atomic mass is 16.5. The minimum Gasteiger partial charge on any atom is -0.493 e. The summed E-state index contributed by atoms with van der Waals surface area (Å²) in [5.74, 6) is 1.96. The minimum atomic E-state index is 0.0661. The molecule has 0 bridgehead atoms. The Bertz CT molecular complexity index is 916. The predicted octanol–water partition coefficient (Wildman–Crippen LogP) is 4.78. The predicted molar refractivity (Wildman–Crippen MR) is 107 cm³/mol. The molecule has 27 heavy (non-hydrogen) atoms. The Hall–Kier alpha value is -2.62. The lowest BCUT2D eigenvalue weighted by Crippen LogP contribution is -2.29. The van der Waals surface area contributed by atoms with Crippen molar-refractivity contribution < 1.29 is 14.3 Å². The Morgan fingerprint density at radius 3 is 2.52 bits per heavy atom. The third kappa shape index (κ3) is 3.14. The molecule has 4 nitrogen and oxygen atoms in total. The lowest BCUT2D eigenvalue weighted by atomic mass is 9.75. The molecule has 0 amide bonds. The maximum absolute atomic E-state index is 11.9. The molecule has 0 radical (unpaired) electrons. The number of benzene rings is 2. The largest absolute Gasteiger partial charge is 0.493 e. The van der Waals surface area contributed by atoms with Crippen LogP contribution in [0.3, 0.4) is 0 Å². The summed E-state index contributed by atoms with van der Waals surface area (Å²) in [6.45, 7) is 1.60. The monoisotopic (exact) mass is 363 g/mol. The van der Waals surface area contributed by atoms with E-state index >= 15 is 0 Å². The lowest BCUT2D eigenvalue weighted by molar-refractivity contribution is 0.101. The van der Waals surface area contributed by atoms with Crippen LogP contribution in [0.15, 0.2) is 41.4 Å². The zero-order valence-electron chi connectivity index (χ0n) is 16.1. The van der Waals surface area contributed by atoms with Crippen molar-refractivity contribution in [3.8, 4) is 11.5 Å². The summed E-state index contributed by atoms with van der Waals surface area (Å²) >= 11 is 0. The third-order valence-electron chi connectivity index (χ3n) is 5.78. The summed E-state index contributed by atoms with van der Waals surface area (Å²) in [4.78, 5) is 17.0. The van der Waals surface area contributed by atoms with Crippen molar-refractivity contribution in [1.82, 2.24) is 0 Å². The van der Waals surface area contributed by atoms with Gasteiger partial charge in [-0.3, -0.25) is 9.79 Å². The van der Waals surface area contributed by atoms with E-state index < -0.39 is 0 Å². The number of carbonyl (C=O) groups excluding carboxylic acids is 1. The molecule has 2 atom stereocenters. The highest BCUT2D eigenvalue weighted by Gasteiger charge is 2.34. The summed E-state index contributed by atoms with van der Waals surface area (Å²) in [7, 11) is 3.33. The van der Waals surface area contributed by atoms with Crippen molar-refractivity contribution in [1.29, 1.82) is 0 Å². The van der Waals surface area contributed by atoms with Crippen molar-refractivity contribution in [2.24, 2.45) is 4.99 Å². The molecule has 2 aromatic rings. The number of hydrogen-bond acceptors (Lipinski definition) is 4. The number of ether oxygens (including phenoxy) is 2. The van der Waals surface area contributed by atoms with E-state index in [0.717, 1.165) is 35.4 Å². The van der Waals surface area contributed by atoms with Crippen LogP contribution in [0.4, 0.5) is 0 Å². The second-order valence-electron chi connectivity index (χ2n) is 7.37. The SMILES string of the molecule is COc1cc2c(cc1OC)[C@H]1CCCC[C@H]1N=C2c1cccc(C(C)=O)c1. The number of carbonyl (C=O) groups is 1. The highest BCUT2D eigenvalue weighted by molar-refractivity contribution is 6.15. The van der Waals surface area contributed by atoms with Crippen LogP contribution in [-0.2, 0) is 0 Å². The van der Waals surface area contributed by atoms with Crippen LogP contribution in [-0.4, -0.2) is 31.8 Å². The molecule has 2 aromatic carbocycles. The normalized spacial score (nSPS) is 20.9. The fourth-order valence-corrected chi connectivity index (χ4v) is 4.39. The van der Waals surface area contributed by atoms with Crippen LogP contribution in [0.5, 0.6) is 11.5 Å². The van der Waals surface area contributed by atoms with E-state index in [2.05, 4.69) is 6.07 Å². The van der Waals surface area contributed by atoms with E-state index in [1.807, 2.05) is 30.3 Å². The van der Waals surface area contributed by atoms with E-state index in [-0.39, 0.29) is 5.78 Å². The molecule has 0 N–H and O–H groups in total. The van der Waals surface area contributed by atoms with Crippen LogP contribution >= 0.6 is 0 Å². The quantitative estimate of drug-likeness (QED) is 0.734. The fraction of sp³-hybridized carbons (Fsp3) is 0.391. The first-order valence-electron chi connectivity index (χ1n) is 9.58. The molecule has 4 rings (SSSR count). The Morgan fingerprint density at radius 2 is 1.78 bits per heavy atom. The molecular formula is C23H25NO3. The number of fused-ring (bicyclic) bond motifs is 3. The Labute approximate surface area is 160 Å². The number of ketones is 1. The smallest absolute Gasteiger partial charge is 0.161 e. The molecule has 1 fully saturated rings. The summed E-state index contributed by atoms with van der Waals surface area (Å²) in [6, 6.07) is 12.2. The summed E-state index contributed by atoms with van der Waals surface area (Å²) in [5, 5.41) is 0. The van der Waals surface area contributed by atoms with Crippen molar-refractivity contribution in [3.05, 3.63) is 58.7 Å². The van der Waals surface area contributed by atoms with Gasteiger partial charge in [0.2, 0.25) is 0 Å². The van der Waals surface area contributed by atoms with Gasteiger partial charge in [0, 0.05) is 22.6 Å². The number of nitrogens with zero attached hydrogens (tertiary/aromatic N) is 1. The molecule has 1 aliphatic carbocycles. The summed E-state index contributed by atoms with van der Waals surface area (Å²) in [6.07, 6.45) is 4.71. The van der Waals surface area contributed by atoms with Gasteiger partial charge < -0.3 is 9.47 Å². The van der Waals surface area contributed by atoms with Gasteiger partial charge in [0.1, 0.15) is 0 Å². The highest BCUT2D eigenvalue weighted by Crippen LogP contribution is 2.44. The Kier molecular flexibility index (Phi) is 4.73. The van der Waals surface area contributed by atoms with E-state index in [0.29, 0.717) is 23.3 Å². The van der Waals surface area contributed by atoms with E-state index in [1.165, 1.54) is 18.4 Å². The second-order valence-corrected chi connectivity index (χ2v) is 7.37. The molecule has 0 aromatic heterocycles. The van der Waals surface area contributed by atoms with Gasteiger partial charge in [0.05, 0.1) is 26.0 Å². The summed E-state index contributed by atoms with van der Waals surface area (Å²) < 4.78 is 11.1. The van der Waals surface area contributed by atoms with E-state index in [1.54, 1.807) is 21.1 Å². The molecular weight excluding hydrogens is 338 g/mol. The maximum atomic E-state index is 11.9. The average Bonchev–Trinajstić information content (AvgIpc) is 2.72. The number of hydrogen-bond donors (Lipinski definition) is 0. The minimum absolute atomic E-state index is 0.0661. The zero-order valence-corrected chi connectivity index (χ0v) is 16.1. The van der Waals surface area contributed by atoms with Crippen molar-refractivity contribution in [2.45, 2.75) is 44.6 Å². The van der Waals surface area contributed by atoms with Crippen molar-refractivity contribution >= 4 is 11.5 Å². The van der Waals surface area contributed by atoms with Gasteiger partial charge in [-0.25, -0.2) is 0 Å². The van der Waals surface area contributed by atoms with Gasteiger partial charge in [-0.05, 0) is 43.5 Å². The first-order chi connectivity index (χ1) is 13.1. The number of Topliss-reactive ketones (excluding diaryl/α,β-unsaturated/α-hetero) is 1. The van der Waals surface area contributed by atoms with Crippen LogP contribution in [0.25, 0.3) is 0 Å². The Morgan fingerprint density at radius 1 is 1.04 bits per heavy atom. The van der Waals surface area contributed by atoms with E-state index in [9.17, 15) is 4.79 Å². The molecule has 1 saturated carbocycles. The first-order valence-corrected chi connectivity index (χ1v) is 9.58. The van der Waals surface area contributed by atoms with Crippen molar-refractivity contribution in [3.63, 3.8) is 0 Å². The topological polar surface area (TPSA) is 47.9 Å². The number of rotatable bonds is 4. The molecule has 1 aliphatic heterocycles. The average molecular weight is 363 g/mol. The fourth-order valence-electron chi connectivity index (χ4n) is 4.39. The number of aliphatic imine (C=N–C) groups is 1. The molecule has 2 aliphatic rings. The standard InChI is InChI=1S/C23H25NO3/c1-14(25)15-7-6-8-16(11-15)23-19-13-22(27-3)21(26-2)12-18(19)17-9-4-5-10-20(17)24-23/h6-8,11-13,17,20H,4-5,9-10H2,1-3H3/t17-,20-/m1/s1. The maximum Gasteiger partial charge on any atom is 0.161 e. The molecule has 0 unspecified atom stereocenters. The third-order valence-corrected chi connectivity index (χ3v) is 5.78. The van der Waals surface area contributed by atoms with Crippen molar-refractivity contribution in [2.75, 3.05) is 14.2 Å². The molecule has 0 saturated heterocycles. The molecule has 4 heteroatoms. The Balaban J connectivity index is 1.91. The van der Waals surface area contributed by atoms with Crippen LogP contribution in [0, 0.1) is 0 Å². The van der Waals surface area contributed by atoms with Gasteiger partial charge in [0.15, 0.2) is 17.3 Å². The van der Waals surface area contributed by atoms with Gasteiger partial charge >= 0.3 is 0 Å². The zero-order chi connectivity index (χ0) is 19.0. The van der Waals surface area contributed by atoms with E-state index in [4.69, 9.17) is 14.5 Å². The van der Waals surface area contributed by atoms with Crippen LogP contribution in [0.2, 0.25) is 0 Å². The lowest BCUT2D eigenvalue weighted by Gasteiger charge is -2.35. The van der Waals surface area contributed by atoms with Gasteiger partial charge in [0.25, 0.3) is 0 Å².